The minimum Gasteiger partial charge on any atom is -0.449 e. The maximum Gasteiger partial charge on any atom is 0.197 e. The van der Waals surface area contributed by atoms with Crippen LogP contribution in [0.1, 0.15) is 5.56 Å². The van der Waals surface area contributed by atoms with Crippen LogP contribution in [-0.2, 0) is 0 Å². The summed E-state index contributed by atoms with van der Waals surface area (Å²) >= 11 is 0. The molecule has 0 fully saturated rings. The Morgan fingerprint density at radius 3 is 1.21 bits per heavy atom. The molecule has 0 atom stereocenters. The lowest BCUT2D eigenvalue weighted by molar-refractivity contribution is 0.647. The lowest BCUT2D eigenvalue weighted by Gasteiger charge is -2.06. The molecule has 9 heteroatoms. The standard InChI is InChI=1S/C39H19N7O2/c40-18-27-34-25(32-36(47-34)38(43-19-41-32)45-28-13-5-1-9-21(28)22-10-2-6-14-29(22)45)17-26-33-37(48-35(26)27)39(44-20-42-33)46-30-15-7-3-11-23(30)24-12-4-8-16-31(24)46/h1-17,19-20H. The second kappa shape index (κ2) is 9.02. The summed E-state index contributed by atoms with van der Waals surface area (Å²) in [5.41, 5.74) is 7.16. The first kappa shape index (κ1) is 25.2. The second-order valence-corrected chi connectivity index (χ2v) is 11.8. The van der Waals surface area contributed by atoms with Crippen LogP contribution in [0.25, 0.3) is 99.4 Å². The van der Waals surface area contributed by atoms with Crippen molar-refractivity contribution in [3.63, 3.8) is 0 Å². The zero-order valence-electron chi connectivity index (χ0n) is 24.9. The van der Waals surface area contributed by atoms with E-state index in [9.17, 15) is 5.26 Å². The van der Waals surface area contributed by atoms with E-state index in [1.807, 2.05) is 54.6 Å². The van der Waals surface area contributed by atoms with E-state index >= 15 is 0 Å². The van der Waals surface area contributed by atoms with Gasteiger partial charge in [-0.15, -0.1) is 0 Å². The summed E-state index contributed by atoms with van der Waals surface area (Å²) in [6.07, 6.45) is 3.09. The van der Waals surface area contributed by atoms with Gasteiger partial charge in [-0.2, -0.15) is 5.26 Å². The summed E-state index contributed by atoms with van der Waals surface area (Å²) in [4.78, 5) is 18.8. The van der Waals surface area contributed by atoms with Crippen molar-refractivity contribution in [2.45, 2.75) is 0 Å². The topological polar surface area (TPSA) is 111 Å². The smallest absolute Gasteiger partial charge is 0.197 e. The van der Waals surface area contributed by atoms with Gasteiger partial charge in [0, 0.05) is 32.3 Å². The molecule has 0 aliphatic carbocycles. The van der Waals surface area contributed by atoms with Crippen molar-refractivity contribution in [3.8, 4) is 17.7 Å². The van der Waals surface area contributed by atoms with Gasteiger partial charge in [0.25, 0.3) is 0 Å². The molecule has 11 rings (SSSR count). The van der Waals surface area contributed by atoms with Crippen LogP contribution in [0.4, 0.5) is 0 Å². The predicted molar refractivity (Wildman–Crippen MR) is 186 cm³/mol. The van der Waals surface area contributed by atoms with Crippen molar-refractivity contribution in [2.24, 2.45) is 0 Å². The molecule has 0 unspecified atom stereocenters. The van der Waals surface area contributed by atoms with Crippen LogP contribution >= 0.6 is 0 Å². The van der Waals surface area contributed by atoms with Crippen LogP contribution < -0.4 is 0 Å². The normalized spacial score (nSPS) is 12.1. The molecule has 11 aromatic rings. The molecule has 48 heavy (non-hydrogen) atoms. The number of aromatic nitrogens is 6. The minimum atomic E-state index is 0.264. The van der Waals surface area contributed by atoms with Crippen molar-refractivity contribution in [2.75, 3.05) is 0 Å². The number of benzene rings is 5. The van der Waals surface area contributed by atoms with E-state index in [0.717, 1.165) is 43.6 Å². The monoisotopic (exact) mass is 617 g/mol. The van der Waals surface area contributed by atoms with E-state index in [1.165, 1.54) is 0 Å². The highest BCUT2D eigenvalue weighted by molar-refractivity contribution is 6.18. The highest BCUT2D eigenvalue weighted by Crippen LogP contribution is 2.42. The molecule has 0 radical (unpaired) electrons. The molecule has 0 saturated carbocycles. The van der Waals surface area contributed by atoms with Gasteiger partial charge >= 0.3 is 0 Å². The Bertz CT molecular complexity index is 2900. The molecule has 0 saturated heterocycles. The van der Waals surface area contributed by atoms with Gasteiger partial charge in [0.15, 0.2) is 34.0 Å². The first-order valence-electron chi connectivity index (χ1n) is 15.4. The fourth-order valence-electron chi connectivity index (χ4n) is 7.44. The number of nitrogens with zero attached hydrogens (tertiary/aromatic N) is 7. The fraction of sp³-hybridized carbons (Fsp3) is 0. The summed E-state index contributed by atoms with van der Waals surface area (Å²) in [6, 6.07) is 37.2. The Balaban J connectivity index is 1.22. The number of rotatable bonds is 2. The number of fused-ring (bicyclic) bond motifs is 12. The Morgan fingerprint density at radius 1 is 0.458 bits per heavy atom. The van der Waals surface area contributed by atoms with Crippen LogP contribution in [0.2, 0.25) is 0 Å². The van der Waals surface area contributed by atoms with Crippen molar-refractivity contribution in [1.82, 2.24) is 29.1 Å². The van der Waals surface area contributed by atoms with Gasteiger partial charge in [-0.25, -0.2) is 19.9 Å². The lowest BCUT2D eigenvalue weighted by atomic mass is 10.1. The Kier molecular flexibility index (Phi) is 4.73. The Labute approximate surface area is 269 Å². The van der Waals surface area contributed by atoms with Crippen LogP contribution in [0.3, 0.4) is 0 Å². The maximum atomic E-state index is 10.6. The number of para-hydroxylation sites is 4. The average Bonchev–Trinajstić information content (AvgIpc) is 3.89. The van der Waals surface area contributed by atoms with Crippen molar-refractivity contribution < 1.29 is 8.83 Å². The van der Waals surface area contributed by atoms with E-state index in [0.29, 0.717) is 55.8 Å². The minimum absolute atomic E-state index is 0.264. The van der Waals surface area contributed by atoms with Gasteiger partial charge in [-0.3, -0.25) is 9.13 Å². The largest absolute Gasteiger partial charge is 0.449 e. The molecule has 0 bridgehead atoms. The van der Waals surface area contributed by atoms with E-state index in [1.54, 1.807) is 12.7 Å². The molecule has 0 aliphatic heterocycles. The Morgan fingerprint density at radius 2 is 0.833 bits per heavy atom. The third-order valence-corrected chi connectivity index (χ3v) is 9.42. The Hall–Kier alpha value is -7.05. The summed E-state index contributed by atoms with van der Waals surface area (Å²) < 4.78 is 17.3. The third kappa shape index (κ3) is 3.08. The van der Waals surface area contributed by atoms with Gasteiger partial charge in [-0.1, -0.05) is 72.8 Å². The van der Waals surface area contributed by atoms with Crippen molar-refractivity contribution in [3.05, 3.63) is 121 Å². The molecule has 5 aromatic carbocycles. The van der Waals surface area contributed by atoms with Gasteiger partial charge in [0.2, 0.25) is 0 Å². The molecule has 6 aromatic heterocycles. The molecule has 0 aliphatic rings. The number of furan rings is 2. The molecular formula is C39H19N7O2. The van der Waals surface area contributed by atoms with Crippen LogP contribution in [-0.4, -0.2) is 29.1 Å². The van der Waals surface area contributed by atoms with E-state index in [4.69, 9.17) is 18.8 Å². The highest BCUT2D eigenvalue weighted by atomic mass is 16.3. The zero-order chi connectivity index (χ0) is 31.5. The quantitative estimate of drug-likeness (QED) is 0.190. The highest BCUT2D eigenvalue weighted by Gasteiger charge is 2.26. The molecular weight excluding hydrogens is 598 g/mol. The summed E-state index contributed by atoms with van der Waals surface area (Å²) in [6.45, 7) is 0. The lowest BCUT2D eigenvalue weighted by Crippen LogP contribution is -1.98. The van der Waals surface area contributed by atoms with E-state index in [-0.39, 0.29) is 5.56 Å². The zero-order valence-corrected chi connectivity index (χ0v) is 24.9. The predicted octanol–water partition coefficient (Wildman–Crippen LogP) is 9.13. The first-order valence-corrected chi connectivity index (χ1v) is 15.4. The summed E-state index contributed by atoms with van der Waals surface area (Å²) in [5, 5.41) is 16.4. The third-order valence-electron chi connectivity index (χ3n) is 9.42. The van der Waals surface area contributed by atoms with Crippen molar-refractivity contribution in [1.29, 1.82) is 5.26 Å². The number of hydrogen-bond donors (Lipinski definition) is 0. The summed E-state index contributed by atoms with van der Waals surface area (Å²) in [7, 11) is 0. The maximum absolute atomic E-state index is 10.6. The van der Waals surface area contributed by atoms with Crippen LogP contribution in [0.5, 0.6) is 0 Å². The number of hydrogen-bond acceptors (Lipinski definition) is 7. The van der Waals surface area contributed by atoms with Gasteiger partial charge in [-0.05, 0) is 30.3 Å². The number of nitriles is 1. The SMILES string of the molecule is N#Cc1c2oc3c(-n4c5ccccc5c5ccccc54)ncnc3c2cc2c1oc1c(-n3c4ccccc4c4ccccc43)ncnc12. The van der Waals surface area contributed by atoms with E-state index < -0.39 is 0 Å². The average molecular weight is 618 g/mol. The van der Waals surface area contributed by atoms with Gasteiger partial charge in [0.1, 0.15) is 35.3 Å². The van der Waals surface area contributed by atoms with Gasteiger partial charge in [0.05, 0.1) is 22.1 Å². The first-order chi connectivity index (χ1) is 23.8. The van der Waals surface area contributed by atoms with Crippen LogP contribution in [0.15, 0.2) is 125 Å². The molecule has 222 valence electrons. The molecule has 0 spiro atoms. The van der Waals surface area contributed by atoms with Crippen molar-refractivity contribution >= 4 is 87.7 Å². The van der Waals surface area contributed by atoms with E-state index in [2.05, 4.69) is 73.7 Å². The van der Waals surface area contributed by atoms with Crippen LogP contribution in [0, 0.1) is 11.3 Å². The second-order valence-electron chi connectivity index (χ2n) is 11.8. The molecule has 0 amide bonds. The molecule has 6 heterocycles. The molecule has 0 N–H and O–H groups in total. The fourth-order valence-corrected chi connectivity index (χ4v) is 7.44. The molecule has 9 nitrogen and oxygen atoms in total. The summed E-state index contributed by atoms with van der Waals surface area (Å²) in [5.74, 6) is 1.19. The van der Waals surface area contributed by atoms with Gasteiger partial charge < -0.3 is 8.83 Å².